The molecule has 0 aromatic rings. The third-order valence-electron chi connectivity index (χ3n) is 1.93. The van der Waals surface area contributed by atoms with Crippen LogP contribution in [0.3, 0.4) is 0 Å². The van der Waals surface area contributed by atoms with Gasteiger partial charge in [0.15, 0.2) is 0 Å². The van der Waals surface area contributed by atoms with E-state index in [-0.39, 0.29) is 0 Å². The van der Waals surface area contributed by atoms with Gasteiger partial charge in [-0.15, -0.1) is 0 Å². The standard InChI is InChI=1S/C6H13NO5/c7-6-5(11)4(10)3(9)2(1-8)12-6/h2-6,8-11H,1,7H2/t2-,3+,4+,5-,6?/m0/s1. The molecule has 12 heavy (non-hydrogen) atoms. The lowest BCUT2D eigenvalue weighted by molar-refractivity contribution is -0.227. The van der Waals surface area contributed by atoms with Gasteiger partial charge in [-0.25, -0.2) is 0 Å². The molecule has 6 heteroatoms. The molecular formula is C6H13NO5. The lowest BCUT2D eigenvalue weighted by Gasteiger charge is -2.38. The van der Waals surface area contributed by atoms with E-state index in [9.17, 15) is 5.11 Å². The molecule has 0 saturated carbocycles. The fraction of sp³-hybridized carbons (Fsp3) is 1.00. The van der Waals surface area contributed by atoms with Crippen LogP contribution in [0.15, 0.2) is 0 Å². The first-order chi connectivity index (χ1) is 5.57. The molecule has 0 aromatic heterocycles. The van der Waals surface area contributed by atoms with Crippen molar-refractivity contribution in [3.05, 3.63) is 0 Å². The van der Waals surface area contributed by atoms with Crippen LogP contribution < -0.4 is 5.73 Å². The third kappa shape index (κ3) is 1.58. The van der Waals surface area contributed by atoms with Gasteiger partial charge in [-0.2, -0.15) is 0 Å². The fourth-order valence-electron chi connectivity index (χ4n) is 1.13. The van der Waals surface area contributed by atoms with E-state index >= 15 is 0 Å². The summed E-state index contributed by atoms with van der Waals surface area (Å²) in [7, 11) is 0. The Morgan fingerprint density at radius 1 is 1.08 bits per heavy atom. The maximum absolute atomic E-state index is 9.18. The maximum atomic E-state index is 9.18. The predicted octanol–water partition coefficient (Wildman–Crippen LogP) is -3.25. The summed E-state index contributed by atoms with van der Waals surface area (Å²) in [6, 6.07) is 0. The van der Waals surface area contributed by atoms with Crippen molar-refractivity contribution in [2.24, 2.45) is 5.73 Å². The third-order valence-corrected chi connectivity index (χ3v) is 1.93. The van der Waals surface area contributed by atoms with Crippen LogP contribution in [-0.4, -0.2) is 57.7 Å². The molecule has 6 nitrogen and oxygen atoms in total. The highest BCUT2D eigenvalue weighted by atomic mass is 16.6. The SMILES string of the molecule is NC1O[C@@H](CO)[C@@H](O)[C@@H](O)[C@@H]1O. The van der Waals surface area contributed by atoms with Crippen molar-refractivity contribution in [1.82, 2.24) is 0 Å². The van der Waals surface area contributed by atoms with Crippen LogP contribution in [0.1, 0.15) is 0 Å². The van der Waals surface area contributed by atoms with E-state index in [1.165, 1.54) is 0 Å². The summed E-state index contributed by atoms with van der Waals surface area (Å²) in [6.45, 7) is -0.446. The quantitative estimate of drug-likeness (QED) is 0.288. The maximum Gasteiger partial charge on any atom is 0.135 e. The van der Waals surface area contributed by atoms with Gasteiger partial charge in [0.1, 0.15) is 30.6 Å². The van der Waals surface area contributed by atoms with Crippen LogP contribution in [0.5, 0.6) is 0 Å². The number of ether oxygens (including phenoxy) is 1. The molecule has 1 rings (SSSR count). The summed E-state index contributed by atoms with van der Waals surface area (Å²) < 4.78 is 4.80. The van der Waals surface area contributed by atoms with Crippen molar-refractivity contribution in [2.75, 3.05) is 6.61 Å². The van der Waals surface area contributed by atoms with E-state index in [1.54, 1.807) is 0 Å². The lowest BCUT2D eigenvalue weighted by Crippen LogP contribution is -2.61. The molecule has 1 fully saturated rings. The molecule has 1 saturated heterocycles. The van der Waals surface area contributed by atoms with Gasteiger partial charge in [-0.05, 0) is 0 Å². The number of hydrogen-bond acceptors (Lipinski definition) is 6. The molecule has 1 heterocycles. The molecule has 5 atom stereocenters. The minimum atomic E-state index is -1.37. The van der Waals surface area contributed by atoms with Crippen LogP contribution in [0.25, 0.3) is 0 Å². The van der Waals surface area contributed by atoms with Crippen LogP contribution in [0, 0.1) is 0 Å². The molecule has 1 aliphatic rings. The Bertz CT molecular complexity index is 150. The summed E-state index contributed by atoms with van der Waals surface area (Å²) in [5.41, 5.74) is 5.24. The normalized spacial score (nSPS) is 49.2. The Kier molecular flexibility index (Phi) is 2.99. The van der Waals surface area contributed by atoms with Crippen LogP contribution >= 0.6 is 0 Å². The van der Waals surface area contributed by atoms with Crippen molar-refractivity contribution in [2.45, 2.75) is 30.6 Å². The van der Waals surface area contributed by atoms with Crippen molar-refractivity contribution in [1.29, 1.82) is 0 Å². The zero-order valence-corrected chi connectivity index (χ0v) is 6.37. The Morgan fingerprint density at radius 3 is 2.17 bits per heavy atom. The number of aliphatic hydroxyl groups excluding tert-OH is 4. The molecule has 1 aliphatic heterocycles. The van der Waals surface area contributed by atoms with Crippen molar-refractivity contribution in [3.8, 4) is 0 Å². The van der Waals surface area contributed by atoms with Gasteiger partial charge in [-0.1, -0.05) is 0 Å². The zero-order chi connectivity index (χ0) is 9.30. The van der Waals surface area contributed by atoms with Crippen LogP contribution in [0.2, 0.25) is 0 Å². The second-order valence-corrected chi connectivity index (χ2v) is 2.79. The molecule has 0 amide bonds. The first kappa shape index (κ1) is 9.85. The highest BCUT2D eigenvalue weighted by Gasteiger charge is 2.41. The zero-order valence-electron chi connectivity index (χ0n) is 6.37. The summed E-state index contributed by atoms with van der Waals surface area (Å²) in [5.74, 6) is 0. The molecule has 6 N–H and O–H groups in total. The predicted molar refractivity (Wildman–Crippen MR) is 38.0 cm³/mol. The van der Waals surface area contributed by atoms with Crippen LogP contribution in [-0.2, 0) is 4.74 Å². The number of hydrogen-bond donors (Lipinski definition) is 5. The average Bonchev–Trinajstić information content (AvgIpc) is 2.08. The van der Waals surface area contributed by atoms with E-state index in [0.29, 0.717) is 0 Å². The van der Waals surface area contributed by atoms with E-state index in [0.717, 1.165) is 0 Å². The molecule has 72 valence electrons. The van der Waals surface area contributed by atoms with Gasteiger partial charge in [0.05, 0.1) is 6.61 Å². The number of nitrogens with two attached hydrogens (primary N) is 1. The van der Waals surface area contributed by atoms with E-state index in [2.05, 4.69) is 0 Å². The Morgan fingerprint density at radius 2 is 1.67 bits per heavy atom. The Balaban J connectivity index is 2.63. The molecule has 1 unspecified atom stereocenters. The van der Waals surface area contributed by atoms with Crippen LogP contribution in [0.4, 0.5) is 0 Å². The van der Waals surface area contributed by atoms with Crippen molar-refractivity contribution in [3.63, 3.8) is 0 Å². The topological polar surface area (TPSA) is 116 Å². The second kappa shape index (κ2) is 3.65. The fourth-order valence-corrected chi connectivity index (χ4v) is 1.13. The first-order valence-corrected chi connectivity index (χ1v) is 3.64. The number of aliphatic hydroxyl groups is 4. The van der Waals surface area contributed by atoms with Gasteiger partial charge in [0.25, 0.3) is 0 Å². The van der Waals surface area contributed by atoms with Gasteiger partial charge >= 0.3 is 0 Å². The first-order valence-electron chi connectivity index (χ1n) is 3.64. The average molecular weight is 179 g/mol. The van der Waals surface area contributed by atoms with E-state index in [1.807, 2.05) is 0 Å². The lowest BCUT2D eigenvalue weighted by atomic mass is 9.99. The van der Waals surface area contributed by atoms with E-state index < -0.39 is 37.3 Å². The molecular weight excluding hydrogens is 166 g/mol. The molecule has 0 aromatic carbocycles. The number of rotatable bonds is 1. The second-order valence-electron chi connectivity index (χ2n) is 2.79. The molecule has 0 radical (unpaired) electrons. The Hall–Kier alpha value is -0.240. The summed E-state index contributed by atoms with van der Waals surface area (Å²) in [5, 5.41) is 36.1. The van der Waals surface area contributed by atoms with E-state index in [4.69, 9.17) is 25.8 Å². The van der Waals surface area contributed by atoms with Gasteiger partial charge < -0.3 is 30.9 Å². The summed E-state index contributed by atoms with van der Waals surface area (Å²) >= 11 is 0. The van der Waals surface area contributed by atoms with Gasteiger partial charge in [0.2, 0.25) is 0 Å². The Labute approximate surface area is 69.2 Å². The van der Waals surface area contributed by atoms with Crippen molar-refractivity contribution < 1.29 is 25.2 Å². The molecule has 0 aliphatic carbocycles. The largest absolute Gasteiger partial charge is 0.394 e. The summed E-state index contributed by atoms with van der Waals surface area (Å²) in [6.07, 6.45) is -5.99. The van der Waals surface area contributed by atoms with Gasteiger partial charge in [-0.3, -0.25) is 0 Å². The van der Waals surface area contributed by atoms with Crippen molar-refractivity contribution >= 4 is 0 Å². The monoisotopic (exact) mass is 179 g/mol. The molecule has 0 bridgehead atoms. The minimum Gasteiger partial charge on any atom is -0.394 e. The smallest absolute Gasteiger partial charge is 0.135 e. The molecule has 0 spiro atoms. The highest BCUT2D eigenvalue weighted by Crippen LogP contribution is 2.17. The highest BCUT2D eigenvalue weighted by molar-refractivity contribution is 4.89. The minimum absolute atomic E-state index is 0.446. The summed E-state index contributed by atoms with van der Waals surface area (Å²) in [4.78, 5) is 0. The van der Waals surface area contributed by atoms with Gasteiger partial charge in [0, 0.05) is 0 Å².